The minimum atomic E-state index is -0.719. The van der Waals surface area contributed by atoms with E-state index >= 15 is 0 Å². The van der Waals surface area contributed by atoms with E-state index in [1.807, 2.05) is 24.8 Å². The Bertz CT molecular complexity index is 1290. The maximum atomic E-state index is 14.4. The lowest BCUT2D eigenvalue weighted by molar-refractivity contribution is -0.166. The predicted octanol–water partition coefficient (Wildman–Crippen LogP) is 5.55. The zero-order valence-electron chi connectivity index (χ0n) is 25.6. The van der Waals surface area contributed by atoms with Crippen molar-refractivity contribution in [2.45, 2.75) is 87.0 Å². The molecule has 0 radical (unpaired) electrons. The van der Waals surface area contributed by atoms with Gasteiger partial charge in [0.05, 0.1) is 5.41 Å². The standard InChI is InChI=1S/C34H48N2O4/c1-29(2)25-8-9-34(7)26(32(25,5)20-24(38)27(29)39)23(37)18-21-22-19-31(4,28(40)36-16-14-35-15-17-36)11-10-30(22,3)12-13-33(21,34)6/h18-20,25-26,35,38H,8-17H2,1-7H3/t25-,26+,30+,31-,32-,33+,34+/m0/s1. The molecule has 1 heterocycles. The number of carbonyl (C=O) groups is 3. The SMILES string of the molecule is CC1(C)C(=O)C(O)=C[C@]2(C)[C@H]3C(=O)C=C4C5=C[C@@](C)(C(=O)N6CCNCC6)CC[C@]5(C)CC[C@@]4(C)[C@]3(C)CC[C@@H]12. The van der Waals surface area contributed by atoms with Gasteiger partial charge in [-0.3, -0.25) is 14.4 Å². The topological polar surface area (TPSA) is 86.7 Å². The predicted molar refractivity (Wildman–Crippen MR) is 155 cm³/mol. The van der Waals surface area contributed by atoms with Crippen molar-refractivity contribution in [1.82, 2.24) is 10.2 Å². The lowest BCUT2D eigenvalue weighted by Crippen LogP contribution is -2.64. The number of fused-ring (bicyclic) bond motifs is 7. The number of piperazine rings is 1. The Hall–Kier alpha value is -2.21. The van der Waals surface area contributed by atoms with Gasteiger partial charge in [0, 0.05) is 42.9 Å². The molecule has 40 heavy (non-hydrogen) atoms. The molecule has 1 amide bonds. The van der Waals surface area contributed by atoms with Crippen molar-refractivity contribution in [2.24, 2.45) is 44.3 Å². The lowest BCUT2D eigenvalue weighted by Gasteiger charge is -2.67. The van der Waals surface area contributed by atoms with Crippen molar-refractivity contribution >= 4 is 17.5 Å². The third-order valence-electron chi connectivity index (χ3n) is 13.2. The Kier molecular flexibility index (Phi) is 5.88. The summed E-state index contributed by atoms with van der Waals surface area (Å²) in [6, 6.07) is 0. The summed E-state index contributed by atoms with van der Waals surface area (Å²) in [6.45, 7) is 18.2. The zero-order chi connectivity index (χ0) is 29.1. The summed E-state index contributed by atoms with van der Waals surface area (Å²) < 4.78 is 0. The van der Waals surface area contributed by atoms with Gasteiger partial charge in [0.2, 0.25) is 11.7 Å². The Balaban J connectivity index is 1.48. The van der Waals surface area contributed by atoms with E-state index in [4.69, 9.17) is 0 Å². The summed E-state index contributed by atoms with van der Waals surface area (Å²) in [4.78, 5) is 43.3. The summed E-state index contributed by atoms with van der Waals surface area (Å²) in [5.41, 5.74) is -0.147. The van der Waals surface area contributed by atoms with Crippen LogP contribution in [0.5, 0.6) is 0 Å². The van der Waals surface area contributed by atoms with Crippen molar-refractivity contribution in [3.8, 4) is 0 Å². The number of hydrogen-bond donors (Lipinski definition) is 2. The van der Waals surface area contributed by atoms with E-state index in [0.717, 1.165) is 70.3 Å². The smallest absolute Gasteiger partial charge is 0.232 e. The van der Waals surface area contributed by atoms with Crippen molar-refractivity contribution in [3.63, 3.8) is 0 Å². The van der Waals surface area contributed by atoms with Crippen molar-refractivity contribution in [1.29, 1.82) is 0 Å². The third kappa shape index (κ3) is 3.41. The minimum absolute atomic E-state index is 0.00771. The maximum Gasteiger partial charge on any atom is 0.232 e. The van der Waals surface area contributed by atoms with E-state index in [2.05, 4.69) is 46.0 Å². The van der Waals surface area contributed by atoms with Crippen LogP contribution in [-0.2, 0) is 14.4 Å². The number of nitrogens with one attached hydrogen (secondary N) is 1. The number of nitrogens with zero attached hydrogens (tertiary/aromatic N) is 1. The first kappa shape index (κ1) is 27.9. The summed E-state index contributed by atoms with van der Waals surface area (Å²) >= 11 is 0. The Labute approximate surface area is 239 Å². The van der Waals surface area contributed by atoms with Crippen LogP contribution in [0.4, 0.5) is 0 Å². The molecular weight excluding hydrogens is 500 g/mol. The van der Waals surface area contributed by atoms with Crippen LogP contribution in [0, 0.1) is 44.3 Å². The fourth-order valence-corrected chi connectivity index (χ4v) is 10.5. The van der Waals surface area contributed by atoms with Crippen molar-refractivity contribution in [3.05, 3.63) is 35.1 Å². The molecule has 0 aromatic rings. The van der Waals surface area contributed by atoms with Crippen molar-refractivity contribution in [2.75, 3.05) is 26.2 Å². The van der Waals surface area contributed by atoms with E-state index in [0.29, 0.717) is 0 Å². The molecule has 0 spiro atoms. The number of amides is 1. The van der Waals surface area contributed by atoms with Crippen LogP contribution in [0.25, 0.3) is 0 Å². The van der Waals surface area contributed by atoms with Gasteiger partial charge in [-0.25, -0.2) is 0 Å². The van der Waals surface area contributed by atoms with Gasteiger partial charge in [0.15, 0.2) is 11.5 Å². The molecule has 6 aliphatic rings. The number of allylic oxidation sites excluding steroid dienone is 5. The average molecular weight is 549 g/mol. The molecule has 0 aromatic carbocycles. The van der Waals surface area contributed by atoms with Crippen molar-refractivity contribution < 1.29 is 19.5 Å². The van der Waals surface area contributed by atoms with Gasteiger partial charge < -0.3 is 15.3 Å². The fraction of sp³-hybridized carbons (Fsp3) is 0.735. The van der Waals surface area contributed by atoms with Crippen LogP contribution in [0.2, 0.25) is 0 Å². The Morgan fingerprint density at radius 1 is 0.900 bits per heavy atom. The second-order valence-electron chi connectivity index (χ2n) is 15.8. The van der Waals surface area contributed by atoms with E-state index in [1.54, 1.807) is 6.08 Å². The summed E-state index contributed by atoms with van der Waals surface area (Å²) in [6.07, 6.45) is 11.5. The molecule has 2 saturated carbocycles. The molecule has 2 N–H and O–H groups in total. The van der Waals surface area contributed by atoms with Crippen LogP contribution >= 0.6 is 0 Å². The number of rotatable bonds is 1. The summed E-state index contributed by atoms with van der Waals surface area (Å²) in [7, 11) is 0. The van der Waals surface area contributed by atoms with E-state index < -0.39 is 16.2 Å². The van der Waals surface area contributed by atoms with E-state index in [-0.39, 0.29) is 51.3 Å². The number of carbonyl (C=O) groups excluding carboxylic acids is 3. The van der Waals surface area contributed by atoms with Gasteiger partial charge >= 0.3 is 0 Å². The van der Waals surface area contributed by atoms with E-state index in [1.165, 1.54) is 5.57 Å². The Morgan fingerprint density at radius 3 is 2.23 bits per heavy atom. The molecule has 6 rings (SSSR count). The first-order valence-corrected chi connectivity index (χ1v) is 15.5. The lowest BCUT2D eigenvalue weighted by atomic mass is 9.35. The summed E-state index contributed by atoms with van der Waals surface area (Å²) in [5, 5.41) is 14.2. The fourth-order valence-electron chi connectivity index (χ4n) is 10.5. The van der Waals surface area contributed by atoms with Gasteiger partial charge in [-0.1, -0.05) is 47.6 Å². The molecule has 6 heteroatoms. The van der Waals surface area contributed by atoms with Gasteiger partial charge in [-0.2, -0.15) is 0 Å². The number of aliphatic hydroxyl groups is 1. The largest absolute Gasteiger partial charge is 0.505 e. The number of hydrogen-bond acceptors (Lipinski definition) is 5. The van der Waals surface area contributed by atoms with Crippen LogP contribution in [0.15, 0.2) is 35.1 Å². The second-order valence-corrected chi connectivity index (χ2v) is 15.8. The highest BCUT2D eigenvalue weighted by Gasteiger charge is 2.69. The highest BCUT2D eigenvalue weighted by atomic mass is 16.3. The monoisotopic (exact) mass is 548 g/mol. The molecule has 7 atom stereocenters. The third-order valence-corrected chi connectivity index (χ3v) is 13.2. The maximum absolute atomic E-state index is 14.4. The number of ketones is 2. The molecule has 1 aliphatic heterocycles. The number of aliphatic hydroxyl groups excluding tert-OH is 1. The molecule has 0 bridgehead atoms. The normalized spacial score (nSPS) is 46.2. The van der Waals surface area contributed by atoms with Crippen LogP contribution in [0.1, 0.15) is 87.0 Å². The molecule has 6 nitrogen and oxygen atoms in total. The first-order chi connectivity index (χ1) is 18.5. The van der Waals surface area contributed by atoms with Crippen LogP contribution in [0.3, 0.4) is 0 Å². The molecule has 0 aromatic heterocycles. The van der Waals surface area contributed by atoms with Gasteiger partial charge in [-0.15, -0.1) is 0 Å². The van der Waals surface area contributed by atoms with E-state index in [9.17, 15) is 19.5 Å². The van der Waals surface area contributed by atoms with Crippen LogP contribution in [-0.4, -0.2) is 53.7 Å². The molecule has 1 saturated heterocycles. The molecule has 3 fully saturated rings. The van der Waals surface area contributed by atoms with Gasteiger partial charge in [0.1, 0.15) is 0 Å². The number of Topliss-reactive ketones (excluding diaryl/α,β-unsaturated/α-hetero) is 1. The highest BCUT2D eigenvalue weighted by molar-refractivity contribution is 6.01. The molecular formula is C34H48N2O4. The minimum Gasteiger partial charge on any atom is -0.505 e. The first-order valence-electron chi connectivity index (χ1n) is 15.5. The second kappa shape index (κ2) is 8.42. The molecule has 5 aliphatic carbocycles. The highest BCUT2D eigenvalue weighted by Crippen LogP contribution is 2.73. The van der Waals surface area contributed by atoms with Gasteiger partial charge in [-0.05, 0) is 90.9 Å². The van der Waals surface area contributed by atoms with Crippen LogP contribution < -0.4 is 5.32 Å². The summed E-state index contributed by atoms with van der Waals surface area (Å²) in [5.74, 6) is -0.392. The molecule has 218 valence electrons. The average Bonchev–Trinajstić information content (AvgIpc) is 2.89. The zero-order valence-corrected chi connectivity index (χ0v) is 25.6. The quantitative estimate of drug-likeness (QED) is 0.449. The van der Waals surface area contributed by atoms with Gasteiger partial charge in [0.25, 0.3) is 0 Å². The Morgan fingerprint density at radius 2 is 1.55 bits per heavy atom. The molecule has 0 unspecified atom stereocenters.